The van der Waals surface area contributed by atoms with Crippen molar-refractivity contribution >= 4 is 11.8 Å². The summed E-state index contributed by atoms with van der Waals surface area (Å²) in [4.78, 5) is 30.1. The summed E-state index contributed by atoms with van der Waals surface area (Å²) in [6.07, 6.45) is 1.25. The van der Waals surface area contributed by atoms with Crippen molar-refractivity contribution in [3.05, 3.63) is 0 Å². The molecule has 0 aromatic heterocycles. The van der Waals surface area contributed by atoms with E-state index < -0.39 is 0 Å². The molecule has 2 amide bonds. The molecule has 2 aliphatic rings. The van der Waals surface area contributed by atoms with Gasteiger partial charge in [-0.3, -0.25) is 14.5 Å². The van der Waals surface area contributed by atoms with Crippen molar-refractivity contribution in [3.63, 3.8) is 0 Å². The van der Waals surface area contributed by atoms with Crippen molar-refractivity contribution in [2.75, 3.05) is 59.0 Å². The van der Waals surface area contributed by atoms with Crippen molar-refractivity contribution in [1.82, 2.24) is 14.7 Å². The molecule has 22 heavy (non-hydrogen) atoms. The number of nitrogens with zero attached hydrogens (tertiary/aromatic N) is 3. The molecule has 0 saturated carbocycles. The summed E-state index contributed by atoms with van der Waals surface area (Å²) in [6, 6.07) is 0.0661. The second kappa shape index (κ2) is 8.45. The van der Waals surface area contributed by atoms with Crippen LogP contribution >= 0.6 is 0 Å². The summed E-state index contributed by atoms with van der Waals surface area (Å²) in [5.74, 6) is 0.344. The summed E-state index contributed by atoms with van der Waals surface area (Å²) in [5.41, 5.74) is 5.69. The van der Waals surface area contributed by atoms with Gasteiger partial charge in [-0.2, -0.15) is 0 Å². The smallest absolute Gasteiger partial charge is 0.236 e. The van der Waals surface area contributed by atoms with Gasteiger partial charge in [-0.05, 0) is 13.3 Å². The Bertz CT molecular complexity index is 375. The van der Waals surface area contributed by atoms with E-state index in [1.807, 2.05) is 16.7 Å². The standard InChI is InChI=1S/C15H28N4O3/c1-13(16)2-3-14(20)18-6-4-17(5-7-18)12-15(21)19-8-10-22-11-9-19/h13H,2-12,16H2,1H3. The maximum atomic E-state index is 12.2. The summed E-state index contributed by atoms with van der Waals surface area (Å²) in [7, 11) is 0. The highest BCUT2D eigenvalue weighted by Gasteiger charge is 2.24. The van der Waals surface area contributed by atoms with Crippen LogP contribution in [0.5, 0.6) is 0 Å². The highest BCUT2D eigenvalue weighted by atomic mass is 16.5. The molecule has 0 bridgehead atoms. The van der Waals surface area contributed by atoms with Crippen LogP contribution in [0.1, 0.15) is 19.8 Å². The number of carbonyl (C=O) groups is 2. The van der Waals surface area contributed by atoms with Gasteiger partial charge >= 0.3 is 0 Å². The Morgan fingerprint density at radius 2 is 1.59 bits per heavy atom. The summed E-state index contributed by atoms with van der Waals surface area (Å²) >= 11 is 0. The van der Waals surface area contributed by atoms with Crippen LogP contribution in [-0.4, -0.2) is 91.6 Å². The number of nitrogens with two attached hydrogens (primary N) is 1. The molecule has 7 nitrogen and oxygen atoms in total. The van der Waals surface area contributed by atoms with E-state index in [0.717, 1.165) is 19.5 Å². The lowest BCUT2D eigenvalue weighted by molar-refractivity contribution is -0.138. The van der Waals surface area contributed by atoms with Crippen molar-refractivity contribution in [3.8, 4) is 0 Å². The SMILES string of the molecule is CC(N)CCC(=O)N1CCN(CC(=O)N2CCOCC2)CC1. The number of ether oxygens (including phenoxy) is 1. The number of morpholine rings is 1. The molecule has 0 spiro atoms. The quantitative estimate of drug-likeness (QED) is 0.713. The van der Waals surface area contributed by atoms with Gasteiger partial charge in [-0.15, -0.1) is 0 Å². The van der Waals surface area contributed by atoms with Gasteiger partial charge in [0.15, 0.2) is 0 Å². The Morgan fingerprint density at radius 1 is 1.00 bits per heavy atom. The highest BCUT2D eigenvalue weighted by molar-refractivity contribution is 5.78. The van der Waals surface area contributed by atoms with Crippen LogP contribution in [0.25, 0.3) is 0 Å². The molecule has 0 aromatic carbocycles. The number of amides is 2. The van der Waals surface area contributed by atoms with E-state index in [-0.39, 0.29) is 17.9 Å². The van der Waals surface area contributed by atoms with Crippen molar-refractivity contribution < 1.29 is 14.3 Å². The molecule has 1 unspecified atom stereocenters. The van der Waals surface area contributed by atoms with E-state index in [1.54, 1.807) is 0 Å². The molecule has 0 radical (unpaired) electrons. The average molecular weight is 312 g/mol. The maximum Gasteiger partial charge on any atom is 0.236 e. The van der Waals surface area contributed by atoms with Crippen LogP contribution in [0.15, 0.2) is 0 Å². The van der Waals surface area contributed by atoms with E-state index in [1.165, 1.54) is 0 Å². The molecule has 126 valence electrons. The molecule has 2 N–H and O–H groups in total. The van der Waals surface area contributed by atoms with Crippen LogP contribution in [0.3, 0.4) is 0 Å². The first kappa shape index (κ1) is 17.2. The Morgan fingerprint density at radius 3 is 2.18 bits per heavy atom. The minimum atomic E-state index is 0.0661. The normalized spacial score (nSPS) is 21.7. The van der Waals surface area contributed by atoms with E-state index in [0.29, 0.717) is 52.4 Å². The van der Waals surface area contributed by atoms with Gasteiger partial charge in [-0.25, -0.2) is 0 Å². The van der Waals surface area contributed by atoms with Crippen LogP contribution in [-0.2, 0) is 14.3 Å². The third-order valence-corrected chi connectivity index (χ3v) is 4.26. The fourth-order valence-corrected chi connectivity index (χ4v) is 2.77. The Labute approximate surface area is 132 Å². The number of hydrogen-bond donors (Lipinski definition) is 1. The van der Waals surface area contributed by atoms with Gasteiger partial charge in [0.1, 0.15) is 0 Å². The van der Waals surface area contributed by atoms with Gasteiger partial charge in [0, 0.05) is 51.7 Å². The third-order valence-electron chi connectivity index (χ3n) is 4.26. The molecule has 2 aliphatic heterocycles. The van der Waals surface area contributed by atoms with Gasteiger partial charge in [-0.1, -0.05) is 0 Å². The van der Waals surface area contributed by atoms with Crippen molar-refractivity contribution in [2.45, 2.75) is 25.8 Å². The van der Waals surface area contributed by atoms with Crippen LogP contribution in [0.4, 0.5) is 0 Å². The van der Waals surface area contributed by atoms with Crippen LogP contribution in [0.2, 0.25) is 0 Å². The molecule has 2 fully saturated rings. The number of carbonyl (C=O) groups excluding carboxylic acids is 2. The Hall–Kier alpha value is -1.18. The zero-order valence-electron chi connectivity index (χ0n) is 13.5. The lowest BCUT2D eigenvalue weighted by Gasteiger charge is -2.36. The minimum Gasteiger partial charge on any atom is -0.378 e. The first-order chi connectivity index (χ1) is 10.6. The van der Waals surface area contributed by atoms with Crippen molar-refractivity contribution in [2.24, 2.45) is 5.73 Å². The van der Waals surface area contributed by atoms with Gasteiger partial charge in [0.25, 0.3) is 0 Å². The monoisotopic (exact) mass is 312 g/mol. The lowest BCUT2D eigenvalue weighted by Crippen LogP contribution is -2.52. The highest BCUT2D eigenvalue weighted by Crippen LogP contribution is 2.07. The predicted octanol–water partition coefficient (Wildman–Crippen LogP) is -0.883. The second-order valence-electron chi connectivity index (χ2n) is 6.17. The largest absolute Gasteiger partial charge is 0.378 e. The van der Waals surface area contributed by atoms with Crippen LogP contribution < -0.4 is 5.73 Å². The molecule has 0 aliphatic carbocycles. The maximum absolute atomic E-state index is 12.2. The van der Waals surface area contributed by atoms with E-state index in [4.69, 9.17) is 10.5 Å². The van der Waals surface area contributed by atoms with Crippen molar-refractivity contribution in [1.29, 1.82) is 0 Å². The van der Waals surface area contributed by atoms with Gasteiger partial charge in [0.05, 0.1) is 19.8 Å². The summed E-state index contributed by atoms with van der Waals surface area (Å²) in [6.45, 7) is 7.94. The molecular weight excluding hydrogens is 284 g/mol. The minimum absolute atomic E-state index is 0.0661. The summed E-state index contributed by atoms with van der Waals surface area (Å²) in [5, 5.41) is 0. The van der Waals surface area contributed by atoms with E-state index in [9.17, 15) is 9.59 Å². The number of rotatable bonds is 5. The van der Waals surface area contributed by atoms with E-state index >= 15 is 0 Å². The fraction of sp³-hybridized carbons (Fsp3) is 0.867. The topological polar surface area (TPSA) is 79.1 Å². The second-order valence-corrected chi connectivity index (χ2v) is 6.17. The third kappa shape index (κ3) is 5.23. The molecule has 1 atom stereocenters. The van der Waals surface area contributed by atoms with E-state index in [2.05, 4.69) is 4.90 Å². The fourth-order valence-electron chi connectivity index (χ4n) is 2.77. The van der Waals surface area contributed by atoms with Gasteiger partial charge in [0.2, 0.25) is 11.8 Å². The molecule has 2 heterocycles. The predicted molar refractivity (Wildman–Crippen MR) is 83.3 cm³/mol. The summed E-state index contributed by atoms with van der Waals surface area (Å²) < 4.78 is 5.26. The number of hydrogen-bond acceptors (Lipinski definition) is 5. The molecule has 2 rings (SSSR count). The molecular formula is C15H28N4O3. The lowest BCUT2D eigenvalue weighted by atomic mass is 10.1. The first-order valence-electron chi connectivity index (χ1n) is 8.17. The average Bonchev–Trinajstić information content (AvgIpc) is 2.54. The first-order valence-corrected chi connectivity index (χ1v) is 8.17. The Kier molecular flexibility index (Phi) is 6.60. The zero-order valence-corrected chi connectivity index (χ0v) is 13.5. The zero-order chi connectivity index (χ0) is 15.9. The van der Waals surface area contributed by atoms with Gasteiger partial charge < -0.3 is 20.3 Å². The molecule has 2 saturated heterocycles. The van der Waals surface area contributed by atoms with Crippen LogP contribution in [0, 0.1) is 0 Å². The Balaban J connectivity index is 1.68. The number of piperazine rings is 1. The molecule has 7 heteroatoms. The molecule has 0 aromatic rings.